The monoisotopic (exact) mass is 539 g/mol. The number of piperidine rings is 1. The molecule has 1 amide bonds. The molecule has 1 N–H and O–H groups in total. The molecule has 214 valence electrons. The maximum absolute atomic E-state index is 13.9. The van der Waals surface area contributed by atoms with Gasteiger partial charge in [0, 0.05) is 17.5 Å². The fraction of sp³-hybridized carbons (Fsp3) is 0.788. The lowest BCUT2D eigenvalue weighted by atomic mass is 9.39. The van der Waals surface area contributed by atoms with Crippen molar-refractivity contribution in [3.63, 3.8) is 0 Å². The van der Waals surface area contributed by atoms with Gasteiger partial charge in [-0.3, -0.25) is 4.79 Å². The Bertz CT molecular complexity index is 1090. The number of hydrogen-bond donors (Lipinski definition) is 1. The molecule has 6 fully saturated rings. The van der Waals surface area contributed by atoms with Gasteiger partial charge >= 0.3 is 0 Å². The van der Waals surface area contributed by atoms with Gasteiger partial charge in [0.15, 0.2) is 0 Å². The molecule has 4 aliphatic carbocycles. The number of halogens is 1. The van der Waals surface area contributed by atoms with Gasteiger partial charge in [-0.2, -0.15) is 0 Å². The number of carbonyl (C=O) groups excluding carboxylic acids is 1. The Morgan fingerprint density at radius 1 is 1.00 bits per heavy atom. The van der Waals surface area contributed by atoms with E-state index in [0.717, 1.165) is 50.8 Å². The van der Waals surface area contributed by atoms with Crippen LogP contribution in [0, 0.1) is 40.4 Å². The van der Waals surface area contributed by atoms with Crippen molar-refractivity contribution in [2.24, 2.45) is 40.4 Å². The average Bonchev–Trinajstić information content (AvgIpc) is 3.71. The van der Waals surface area contributed by atoms with E-state index in [2.05, 4.69) is 25.7 Å². The van der Waals surface area contributed by atoms with Crippen LogP contribution in [0.5, 0.6) is 5.75 Å². The van der Waals surface area contributed by atoms with Crippen LogP contribution in [-0.2, 0) is 9.53 Å². The molecule has 2 heterocycles. The fourth-order valence-corrected chi connectivity index (χ4v) is 10.6. The van der Waals surface area contributed by atoms with Crippen molar-refractivity contribution in [2.75, 3.05) is 13.2 Å². The number of hydrogen-bond acceptors (Lipinski definition) is 4. The minimum Gasteiger partial charge on any atom is -0.487 e. The van der Waals surface area contributed by atoms with E-state index >= 15 is 0 Å². The first-order valence-electron chi connectivity index (χ1n) is 15.6. The van der Waals surface area contributed by atoms with Gasteiger partial charge < -0.3 is 19.5 Å². The largest absolute Gasteiger partial charge is 0.487 e. The molecule has 0 bridgehead atoms. The summed E-state index contributed by atoms with van der Waals surface area (Å²) in [4.78, 5) is 16.1. The lowest BCUT2D eigenvalue weighted by molar-refractivity contribution is -0.224. The van der Waals surface area contributed by atoms with Gasteiger partial charge in [0.05, 0.1) is 12.7 Å². The number of likely N-dealkylation sites (tertiary alicyclic amines) is 1. The lowest BCUT2D eigenvalue weighted by Gasteiger charge is -2.68. The van der Waals surface area contributed by atoms with Crippen LogP contribution in [0.4, 0.5) is 4.39 Å². The van der Waals surface area contributed by atoms with Gasteiger partial charge in [-0.1, -0.05) is 32.0 Å². The van der Waals surface area contributed by atoms with Gasteiger partial charge in [0.2, 0.25) is 0 Å². The van der Waals surface area contributed by atoms with Crippen molar-refractivity contribution in [3.05, 3.63) is 30.3 Å². The molecule has 0 radical (unpaired) electrons. The molecule has 12 atom stereocenters. The predicted molar refractivity (Wildman–Crippen MR) is 147 cm³/mol. The van der Waals surface area contributed by atoms with Gasteiger partial charge in [0.25, 0.3) is 5.91 Å². The number of amides is 1. The number of alkyl halides is 1. The summed E-state index contributed by atoms with van der Waals surface area (Å²) in [7, 11) is 0. The van der Waals surface area contributed by atoms with Gasteiger partial charge in [0.1, 0.15) is 24.1 Å². The summed E-state index contributed by atoms with van der Waals surface area (Å²) in [6, 6.07) is 10.0. The third-order valence-electron chi connectivity index (χ3n) is 13.0. The molecule has 1 unspecified atom stereocenters. The van der Waals surface area contributed by atoms with Crippen LogP contribution in [0.1, 0.15) is 78.6 Å². The van der Waals surface area contributed by atoms with Gasteiger partial charge in [-0.15, -0.1) is 0 Å². The number of rotatable bonds is 3. The van der Waals surface area contributed by atoms with E-state index in [1.54, 1.807) is 0 Å². The lowest BCUT2D eigenvalue weighted by Crippen LogP contribution is -2.69. The minimum atomic E-state index is -0.942. The predicted octanol–water partition coefficient (Wildman–Crippen LogP) is 5.79. The number of aliphatic hydroxyl groups is 1. The maximum Gasteiger partial charge on any atom is 0.252 e. The molecule has 7 rings (SSSR count). The summed E-state index contributed by atoms with van der Waals surface area (Å²) < 4.78 is 26.1. The third-order valence-corrected chi connectivity index (χ3v) is 13.0. The molecule has 0 aromatic heterocycles. The Kier molecular flexibility index (Phi) is 6.17. The molecule has 2 aliphatic heterocycles. The Morgan fingerprint density at radius 2 is 1.77 bits per heavy atom. The second kappa shape index (κ2) is 9.17. The van der Waals surface area contributed by atoms with Crippen LogP contribution in [0.25, 0.3) is 0 Å². The number of aliphatic hydroxyl groups excluding tert-OH is 1. The molecule has 6 aliphatic rings. The highest BCUT2D eigenvalue weighted by Gasteiger charge is 2.70. The SMILES string of the molecule is C[C@]12CC[C@H]3[C@@H](CC[C@@]4(C)[C@@H](Oc5ccccc5)[C@@H](O)CC[C@]34C)[C@@H]1[C@@H]1CC1CN2C(=O)[C@H]1CC[C@@H](F)CO1. The van der Waals surface area contributed by atoms with Crippen LogP contribution in [-0.4, -0.2) is 59.1 Å². The zero-order valence-corrected chi connectivity index (χ0v) is 23.9. The topological polar surface area (TPSA) is 59.0 Å². The number of nitrogens with zero attached hydrogens (tertiary/aromatic N) is 1. The zero-order chi connectivity index (χ0) is 27.2. The number of ether oxygens (including phenoxy) is 2. The molecule has 6 heteroatoms. The first-order valence-corrected chi connectivity index (χ1v) is 15.6. The van der Waals surface area contributed by atoms with Crippen molar-refractivity contribution in [2.45, 2.75) is 109 Å². The quantitative estimate of drug-likeness (QED) is 0.528. The summed E-state index contributed by atoms with van der Waals surface area (Å²) in [5.41, 5.74) is -0.180. The summed E-state index contributed by atoms with van der Waals surface area (Å²) in [5, 5.41) is 11.3. The van der Waals surface area contributed by atoms with Gasteiger partial charge in [-0.25, -0.2) is 4.39 Å². The highest BCUT2D eigenvalue weighted by atomic mass is 19.1. The molecule has 2 saturated heterocycles. The fourth-order valence-electron chi connectivity index (χ4n) is 10.6. The molecular weight excluding hydrogens is 493 g/mol. The van der Waals surface area contributed by atoms with E-state index in [-0.39, 0.29) is 35.0 Å². The molecule has 4 saturated carbocycles. The van der Waals surface area contributed by atoms with Crippen LogP contribution < -0.4 is 4.74 Å². The first-order chi connectivity index (χ1) is 18.7. The average molecular weight is 540 g/mol. The third kappa shape index (κ3) is 3.86. The second-order valence-electron chi connectivity index (χ2n) is 14.6. The smallest absolute Gasteiger partial charge is 0.252 e. The molecule has 1 aromatic rings. The Hall–Kier alpha value is -1.66. The summed E-state index contributed by atoms with van der Waals surface area (Å²) >= 11 is 0. The van der Waals surface area contributed by atoms with E-state index in [1.165, 1.54) is 6.42 Å². The molecule has 39 heavy (non-hydrogen) atoms. The zero-order valence-electron chi connectivity index (χ0n) is 23.9. The maximum atomic E-state index is 13.9. The Morgan fingerprint density at radius 3 is 2.51 bits per heavy atom. The number of para-hydroxylation sites is 1. The Balaban J connectivity index is 1.17. The summed E-state index contributed by atoms with van der Waals surface area (Å²) in [6.45, 7) is 8.15. The normalized spacial score (nSPS) is 50.6. The highest BCUT2D eigenvalue weighted by molar-refractivity contribution is 5.82. The number of benzene rings is 1. The van der Waals surface area contributed by atoms with Crippen LogP contribution in [0.2, 0.25) is 0 Å². The minimum absolute atomic E-state index is 0.0517. The molecule has 5 nitrogen and oxygen atoms in total. The summed E-state index contributed by atoms with van der Waals surface area (Å²) in [6.07, 6.45) is 6.18. The standard InChI is InChI=1S/C33H46FNO4/c1-31-15-13-26(36)29(39-22-7-5-4-6-8-22)32(31,2)14-11-23-25(31)12-16-33(3)28(23)24-17-20(24)18-35(33)30(37)27-10-9-21(34)19-38-27/h4-8,20-21,23-29,36H,9-19H2,1-3H3/t20?,21-,23-,24-,25+,26+,27-,28-,29+,31-,32+,33+/m1/s1. The van der Waals surface area contributed by atoms with Crippen molar-refractivity contribution in [3.8, 4) is 5.75 Å². The van der Waals surface area contributed by atoms with E-state index in [9.17, 15) is 14.3 Å². The van der Waals surface area contributed by atoms with Crippen molar-refractivity contribution in [1.82, 2.24) is 4.90 Å². The van der Waals surface area contributed by atoms with E-state index in [0.29, 0.717) is 42.4 Å². The number of carbonyl (C=O) groups is 1. The van der Waals surface area contributed by atoms with Crippen LogP contribution in [0.3, 0.4) is 0 Å². The molecule has 0 spiro atoms. The van der Waals surface area contributed by atoms with Crippen LogP contribution in [0.15, 0.2) is 30.3 Å². The summed E-state index contributed by atoms with van der Waals surface area (Å²) in [5.74, 6) is 3.94. The van der Waals surface area contributed by atoms with Gasteiger partial charge in [-0.05, 0) is 112 Å². The van der Waals surface area contributed by atoms with E-state index in [1.807, 2.05) is 30.3 Å². The van der Waals surface area contributed by atoms with Crippen molar-refractivity contribution in [1.29, 1.82) is 0 Å². The molecule has 1 aromatic carbocycles. The Labute approximate surface area is 232 Å². The van der Waals surface area contributed by atoms with Crippen molar-refractivity contribution >= 4 is 5.91 Å². The highest BCUT2D eigenvalue weighted by Crippen LogP contribution is 2.71. The molecular formula is C33H46FNO4. The van der Waals surface area contributed by atoms with E-state index in [4.69, 9.17) is 9.47 Å². The van der Waals surface area contributed by atoms with Crippen molar-refractivity contribution < 1.29 is 23.8 Å². The van der Waals surface area contributed by atoms with Crippen LogP contribution >= 0.6 is 0 Å². The van der Waals surface area contributed by atoms with E-state index < -0.39 is 18.4 Å². The second-order valence-corrected chi connectivity index (χ2v) is 14.6. The number of fused-ring (bicyclic) bond motifs is 7. The first kappa shape index (κ1) is 26.3.